The summed E-state index contributed by atoms with van der Waals surface area (Å²) in [7, 11) is 0. The van der Waals surface area contributed by atoms with Crippen LogP contribution >= 0.6 is 46.7 Å². The number of halogens is 2. The normalized spacial score (nSPS) is 15.3. The Balaban J connectivity index is 1.45. The van der Waals surface area contributed by atoms with Gasteiger partial charge in [0.15, 0.2) is 12.7 Å². The molecule has 0 radical (unpaired) electrons. The molecule has 2 aromatic rings. The van der Waals surface area contributed by atoms with Crippen molar-refractivity contribution in [2.45, 2.75) is 24.0 Å². The molecule has 0 saturated carbocycles. The summed E-state index contributed by atoms with van der Waals surface area (Å²) in [6, 6.07) is 12.4. The van der Waals surface area contributed by atoms with Crippen LogP contribution in [0.25, 0.3) is 0 Å². The Labute approximate surface area is 194 Å². The molecular weight excluding hydrogens is 465 g/mol. The van der Waals surface area contributed by atoms with Gasteiger partial charge in [-0.1, -0.05) is 35.3 Å². The van der Waals surface area contributed by atoms with Gasteiger partial charge in [0.2, 0.25) is 0 Å². The summed E-state index contributed by atoms with van der Waals surface area (Å²) in [5.41, 5.74) is 1.59. The number of ether oxygens (including phenoxy) is 2. The van der Waals surface area contributed by atoms with Gasteiger partial charge in [-0.15, -0.1) is 23.5 Å². The fourth-order valence-electron chi connectivity index (χ4n) is 2.66. The molecule has 1 saturated heterocycles. The van der Waals surface area contributed by atoms with E-state index in [2.05, 4.69) is 5.32 Å². The minimum Gasteiger partial charge on any atom is -0.482 e. The number of rotatable bonds is 7. The van der Waals surface area contributed by atoms with Crippen LogP contribution in [0, 0.1) is 0 Å². The molecule has 30 heavy (non-hydrogen) atoms. The van der Waals surface area contributed by atoms with Crippen molar-refractivity contribution < 1.29 is 19.1 Å². The second kappa shape index (κ2) is 11.2. The van der Waals surface area contributed by atoms with Gasteiger partial charge in [-0.05, 0) is 60.7 Å². The molecule has 0 bridgehead atoms. The highest BCUT2D eigenvalue weighted by Gasteiger charge is 2.20. The summed E-state index contributed by atoms with van der Waals surface area (Å²) in [6.45, 7) is 1.18. The van der Waals surface area contributed by atoms with Crippen LogP contribution in [-0.2, 0) is 14.3 Å². The minimum atomic E-state index is -1.01. The summed E-state index contributed by atoms with van der Waals surface area (Å²) in [5.74, 6) is 1.77. The zero-order valence-corrected chi connectivity index (χ0v) is 19.4. The maximum Gasteiger partial charge on any atom is 0.344 e. The summed E-state index contributed by atoms with van der Waals surface area (Å²) in [4.78, 5) is 24.3. The maximum absolute atomic E-state index is 12.2. The highest BCUT2D eigenvalue weighted by molar-refractivity contribution is 8.16. The SMILES string of the molecule is C[C@@H](OC(=O)COc1ccc(C2SCCCS2)cc1)C(=O)Nc1cc(Cl)ccc1Cl. The summed E-state index contributed by atoms with van der Waals surface area (Å²) in [6.07, 6.45) is 0.233. The Hall–Kier alpha value is -1.54. The molecule has 9 heteroatoms. The van der Waals surface area contributed by atoms with E-state index in [0.717, 1.165) is 0 Å². The maximum atomic E-state index is 12.2. The van der Waals surface area contributed by atoms with Crippen molar-refractivity contribution in [2.75, 3.05) is 23.4 Å². The Morgan fingerprint density at radius 2 is 1.83 bits per heavy atom. The summed E-state index contributed by atoms with van der Waals surface area (Å²) in [5, 5.41) is 3.36. The Kier molecular flexibility index (Phi) is 8.62. The van der Waals surface area contributed by atoms with Crippen LogP contribution in [0.1, 0.15) is 23.5 Å². The van der Waals surface area contributed by atoms with Crippen molar-refractivity contribution in [3.8, 4) is 5.75 Å². The van der Waals surface area contributed by atoms with E-state index >= 15 is 0 Å². The van der Waals surface area contributed by atoms with Crippen LogP contribution in [0.5, 0.6) is 5.75 Å². The zero-order chi connectivity index (χ0) is 21.5. The molecular formula is C21H21Cl2NO4S2. The third kappa shape index (κ3) is 6.74. The molecule has 1 aliphatic rings. The molecule has 1 aliphatic heterocycles. The van der Waals surface area contributed by atoms with E-state index in [4.69, 9.17) is 32.7 Å². The van der Waals surface area contributed by atoms with Crippen LogP contribution in [-0.4, -0.2) is 36.1 Å². The molecule has 160 valence electrons. The lowest BCUT2D eigenvalue weighted by Gasteiger charge is -2.21. The monoisotopic (exact) mass is 485 g/mol. The zero-order valence-electron chi connectivity index (χ0n) is 16.2. The number of nitrogens with one attached hydrogen (secondary N) is 1. The average Bonchev–Trinajstić information content (AvgIpc) is 2.75. The van der Waals surface area contributed by atoms with Crippen LogP contribution in [0.4, 0.5) is 5.69 Å². The van der Waals surface area contributed by atoms with Gasteiger partial charge < -0.3 is 14.8 Å². The molecule has 0 aliphatic carbocycles. The number of anilines is 1. The van der Waals surface area contributed by atoms with E-state index in [1.54, 1.807) is 12.1 Å². The third-order valence-corrected chi connectivity index (χ3v) is 7.78. The van der Waals surface area contributed by atoms with Gasteiger partial charge in [-0.3, -0.25) is 4.79 Å². The molecule has 0 aromatic heterocycles. The van der Waals surface area contributed by atoms with Gasteiger partial charge in [-0.2, -0.15) is 0 Å². The first kappa shape index (κ1) is 23.1. The molecule has 1 N–H and O–H groups in total. The van der Waals surface area contributed by atoms with Crippen molar-refractivity contribution in [3.63, 3.8) is 0 Å². The third-order valence-electron chi connectivity index (χ3n) is 4.20. The molecule has 2 aromatic carbocycles. The van der Waals surface area contributed by atoms with Crippen molar-refractivity contribution in [1.29, 1.82) is 0 Å². The van der Waals surface area contributed by atoms with Crippen LogP contribution < -0.4 is 10.1 Å². The van der Waals surface area contributed by atoms with E-state index in [1.807, 2.05) is 47.8 Å². The lowest BCUT2D eigenvalue weighted by atomic mass is 10.2. The number of benzene rings is 2. The molecule has 5 nitrogen and oxygen atoms in total. The van der Waals surface area contributed by atoms with E-state index < -0.39 is 18.0 Å². The van der Waals surface area contributed by atoms with Crippen molar-refractivity contribution >= 4 is 64.3 Å². The van der Waals surface area contributed by atoms with E-state index in [1.165, 1.54) is 36.5 Å². The molecule has 1 fully saturated rings. The molecule has 1 amide bonds. The smallest absolute Gasteiger partial charge is 0.344 e. The quantitative estimate of drug-likeness (QED) is 0.499. The molecule has 1 atom stereocenters. The Morgan fingerprint density at radius 3 is 2.53 bits per heavy atom. The highest BCUT2D eigenvalue weighted by atomic mass is 35.5. The summed E-state index contributed by atoms with van der Waals surface area (Å²) >= 11 is 15.8. The van der Waals surface area contributed by atoms with Crippen LogP contribution in [0.2, 0.25) is 10.0 Å². The van der Waals surface area contributed by atoms with E-state index in [0.29, 0.717) is 26.1 Å². The first-order valence-electron chi connectivity index (χ1n) is 9.34. The number of esters is 1. The lowest BCUT2D eigenvalue weighted by Crippen LogP contribution is -2.31. The lowest BCUT2D eigenvalue weighted by molar-refractivity contribution is -0.155. The van der Waals surface area contributed by atoms with Gasteiger partial charge in [0.1, 0.15) is 5.75 Å². The van der Waals surface area contributed by atoms with Gasteiger partial charge >= 0.3 is 5.97 Å². The number of hydrogen-bond donors (Lipinski definition) is 1. The van der Waals surface area contributed by atoms with Crippen LogP contribution in [0.15, 0.2) is 42.5 Å². The molecule has 1 heterocycles. The summed E-state index contributed by atoms with van der Waals surface area (Å²) < 4.78 is 11.1. The van der Waals surface area contributed by atoms with Crippen molar-refractivity contribution in [3.05, 3.63) is 58.1 Å². The molecule has 0 spiro atoms. The first-order chi connectivity index (χ1) is 14.4. The number of hydrogen-bond acceptors (Lipinski definition) is 6. The Bertz CT molecular complexity index is 889. The first-order valence-corrected chi connectivity index (χ1v) is 12.2. The highest BCUT2D eigenvalue weighted by Crippen LogP contribution is 2.43. The predicted molar refractivity (Wildman–Crippen MR) is 125 cm³/mol. The number of thioether (sulfide) groups is 2. The molecule has 3 rings (SSSR count). The number of carbonyl (C=O) groups is 2. The number of carbonyl (C=O) groups excluding carboxylic acids is 2. The van der Waals surface area contributed by atoms with Gasteiger partial charge in [0.05, 0.1) is 15.3 Å². The fraction of sp³-hybridized carbons (Fsp3) is 0.333. The standard InChI is InChI=1S/C21H21Cl2NO4S2/c1-13(20(26)24-18-11-15(22)5-8-17(18)23)28-19(25)12-27-16-6-3-14(4-7-16)21-29-9-2-10-30-21/h3-8,11,13,21H,2,9-10,12H2,1H3,(H,24,26)/t13-/m1/s1. The van der Waals surface area contributed by atoms with E-state index in [-0.39, 0.29) is 6.61 Å². The second-order valence-electron chi connectivity index (χ2n) is 6.53. The van der Waals surface area contributed by atoms with Crippen molar-refractivity contribution in [2.24, 2.45) is 0 Å². The van der Waals surface area contributed by atoms with E-state index in [9.17, 15) is 9.59 Å². The fourth-order valence-corrected chi connectivity index (χ4v) is 5.89. The van der Waals surface area contributed by atoms with Gasteiger partial charge in [-0.25, -0.2) is 4.79 Å². The molecule has 0 unspecified atom stereocenters. The predicted octanol–water partition coefficient (Wildman–Crippen LogP) is 5.81. The minimum absolute atomic E-state index is 0.290. The topological polar surface area (TPSA) is 64.6 Å². The Morgan fingerprint density at radius 1 is 1.13 bits per heavy atom. The van der Waals surface area contributed by atoms with Gasteiger partial charge in [0.25, 0.3) is 5.91 Å². The van der Waals surface area contributed by atoms with Crippen LogP contribution in [0.3, 0.4) is 0 Å². The average molecular weight is 486 g/mol. The largest absolute Gasteiger partial charge is 0.482 e. The number of amides is 1. The van der Waals surface area contributed by atoms with Gasteiger partial charge in [0, 0.05) is 5.02 Å². The van der Waals surface area contributed by atoms with Crippen molar-refractivity contribution in [1.82, 2.24) is 0 Å². The second-order valence-corrected chi connectivity index (χ2v) is 10.1.